The molecule has 0 spiro atoms. The molecule has 0 bridgehead atoms. The molecule has 0 aliphatic heterocycles. The van der Waals surface area contributed by atoms with E-state index in [1.54, 1.807) is 0 Å². The third-order valence-electron chi connectivity index (χ3n) is 5.21. The number of aliphatic hydroxyl groups is 2. The average Bonchev–Trinajstić information content (AvgIpc) is 2.35. The van der Waals surface area contributed by atoms with E-state index in [4.69, 9.17) is 5.11 Å². The molecule has 4 nitrogen and oxygen atoms in total. The largest absolute Gasteiger partial charge is 0.478 e. The van der Waals surface area contributed by atoms with E-state index in [9.17, 15) is 15.0 Å². The third kappa shape index (κ3) is 2.13. The predicted molar refractivity (Wildman–Crippen MR) is 71.5 cm³/mol. The highest BCUT2D eigenvalue weighted by Gasteiger charge is 2.54. The van der Waals surface area contributed by atoms with Crippen LogP contribution in [-0.4, -0.2) is 33.5 Å². The smallest absolute Gasteiger partial charge is 0.331 e. The highest BCUT2D eigenvalue weighted by molar-refractivity contribution is 5.86. The van der Waals surface area contributed by atoms with Crippen molar-refractivity contribution in [2.24, 2.45) is 17.3 Å². The van der Waals surface area contributed by atoms with Crippen LogP contribution in [-0.2, 0) is 4.79 Å². The van der Waals surface area contributed by atoms with Crippen molar-refractivity contribution < 1.29 is 20.1 Å². The first-order valence-corrected chi connectivity index (χ1v) is 6.74. The van der Waals surface area contributed by atoms with Crippen LogP contribution >= 0.6 is 0 Å². The minimum atomic E-state index is -1.01. The fourth-order valence-electron chi connectivity index (χ4n) is 3.72. The monoisotopic (exact) mass is 266 g/mol. The summed E-state index contributed by atoms with van der Waals surface area (Å²) in [7, 11) is 0. The van der Waals surface area contributed by atoms with Crippen LogP contribution in [0.1, 0.15) is 32.6 Å². The summed E-state index contributed by atoms with van der Waals surface area (Å²) in [5, 5.41) is 29.7. The van der Waals surface area contributed by atoms with Gasteiger partial charge in [0.1, 0.15) is 0 Å². The van der Waals surface area contributed by atoms with E-state index in [0.29, 0.717) is 19.3 Å². The fraction of sp³-hybridized carbons (Fsp3) is 0.667. The molecule has 0 amide bonds. The molecule has 2 aliphatic carbocycles. The van der Waals surface area contributed by atoms with Crippen molar-refractivity contribution in [2.45, 2.75) is 44.8 Å². The number of rotatable bonds is 2. The SMILES string of the molecule is C=C(C(=O)O)C1CC(O)C2(C)C(O)CCC(=C)C2C1. The Hall–Kier alpha value is -1.13. The molecular weight excluding hydrogens is 244 g/mol. The number of fused-ring (bicyclic) bond motifs is 1. The lowest BCUT2D eigenvalue weighted by Crippen LogP contribution is -2.55. The molecule has 2 aliphatic rings. The summed E-state index contributed by atoms with van der Waals surface area (Å²) >= 11 is 0. The van der Waals surface area contributed by atoms with Gasteiger partial charge in [-0.15, -0.1) is 0 Å². The fourth-order valence-corrected chi connectivity index (χ4v) is 3.72. The van der Waals surface area contributed by atoms with Crippen LogP contribution in [0, 0.1) is 17.3 Å². The number of hydrogen-bond donors (Lipinski definition) is 3. The topological polar surface area (TPSA) is 77.8 Å². The van der Waals surface area contributed by atoms with Gasteiger partial charge in [-0.2, -0.15) is 0 Å². The molecule has 2 rings (SSSR count). The number of carboxylic acid groups (broad SMARTS) is 1. The maximum Gasteiger partial charge on any atom is 0.331 e. The maximum absolute atomic E-state index is 11.0. The number of allylic oxidation sites excluding steroid dienone is 1. The first-order chi connectivity index (χ1) is 8.78. The van der Waals surface area contributed by atoms with Gasteiger partial charge in [-0.25, -0.2) is 4.79 Å². The highest BCUT2D eigenvalue weighted by atomic mass is 16.4. The van der Waals surface area contributed by atoms with Crippen molar-refractivity contribution in [1.29, 1.82) is 0 Å². The molecule has 0 radical (unpaired) electrons. The molecule has 0 aromatic carbocycles. The molecule has 3 N–H and O–H groups in total. The van der Waals surface area contributed by atoms with Crippen LogP contribution in [0.4, 0.5) is 0 Å². The Balaban J connectivity index is 2.29. The minimum Gasteiger partial charge on any atom is -0.478 e. The van der Waals surface area contributed by atoms with E-state index in [-0.39, 0.29) is 17.4 Å². The summed E-state index contributed by atoms with van der Waals surface area (Å²) in [6.45, 7) is 9.55. The van der Waals surface area contributed by atoms with Crippen molar-refractivity contribution in [3.63, 3.8) is 0 Å². The Morgan fingerprint density at radius 1 is 1.32 bits per heavy atom. The normalized spacial score (nSPS) is 42.6. The summed E-state index contributed by atoms with van der Waals surface area (Å²) in [6, 6.07) is 0. The lowest BCUT2D eigenvalue weighted by Gasteiger charge is -2.54. The quantitative estimate of drug-likeness (QED) is 0.525. The van der Waals surface area contributed by atoms with Gasteiger partial charge in [-0.1, -0.05) is 25.7 Å². The van der Waals surface area contributed by atoms with Crippen molar-refractivity contribution in [3.8, 4) is 0 Å². The van der Waals surface area contributed by atoms with Crippen LogP contribution < -0.4 is 0 Å². The highest BCUT2D eigenvalue weighted by Crippen LogP contribution is 2.54. The number of hydrogen-bond acceptors (Lipinski definition) is 3. The molecule has 5 atom stereocenters. The van der Waals surface area contributed by atoms with E-state index >= 15 is 0 Å². The first-order valence-electron chi connectivity index (χ1n) is 6.74. The van der Waals surface area contributed by atoms with Crippen LogP contribution in [0.25, 0.3) is 0 Å². The van der Waals surface area contributed by atoms with Crippen molar-refractivity contribution in [3.05, 3.63) is 24.3 Å². The number of carboxylic acids is 1. The van der Waals surface area contributed by atoms with Crippen molar-refractivity contribution >= 4 is 5.97 Å². The zero-order chi connectivity index (χ0) is 14.4. The van der Waals surface area contributed by atoms with E-state index in [1.165, 1.54) is 0 Å². The molecule has 4 heteroatoms. The van der Waals surface area contributed by atoms with Crippen molar-refractivity contribution in [2.75, 3.05) is 0 Å². The molecule has 0 aromatic heterocycles. The van der Waals surface area contributed by atoms with Gasteiger partial charge >= 0.3 is 5.97 Å². The standard InChI is InChI=1S/C15H22O4/c1-8-4-5-12(16)15(3)11(8)6-10(7-13(15)17)9(2)14(18)19/h10-13,16-17H,1-2,4-7H2,3H3,(H,18,19). The molecule has 2 fully saturated rings. The zero-order valence-electron chi connectivity index (χ0n) is 11.3. The van der Waals surface area contributed by atoms with Gasteiger partial charge in [-0.3, -0.25) is 0 Å². The Labute approximate surface area is 113 Å². The molecular formula is C15H22O4. The predicted octanol–water partition coefficient (Wildman–Crippen LogP) is 1.73. The van der Waals surface area contributed by atoms with Gasteiger partial charge in [0.15, 0.2) is 0 Å². The summed E-state index contributed by atoms with van der Waals surface area (Å²) in [4.78, 5) is 11.0. The van der Waals surface area contributed by atoms with E-state index in [1.807, 2.05) is 6.92 Å². The van der Waals surface area contributed by atoms with Gasteiger partial charge < -0.3 is 15.3 Å². The maximum atomic E-state index is 11.0. The van der Waals surface area contributed by atoms with Crippen LogP contribution in [0.5, 0.6) is 0 Å². The second-order valence-electron chi connectivity index (χ2n) is 6.15. The molecule has 0 heterocycles. The van der Waals surface area contributed by atoms with Gasteiger partial charge in [0.2, 0.25) is 0 Å². The zero-order valence-corrected chi connectivity index (χ0v) is 11.3. The van der Waals surface area contributed by atoms with Gasteiger partial charge in [0.25, 0.3) is 0 Å². The number of carbonyl (C=O) groups is 1. The lowest BCUT2D eigenvalue weighted by molar-refractivity contribution is -0.139. The first kappa shape index (κ1) is 14.3. The molecule has 19 heavy (non-hydrogen) atoms. The van der Waals surface area contributed by atoms with Crippen LogP contribution in [0.2, 0.25) is 0 Å². The van der Waals surface area contributed by atoms with Gasteiger partial charge in [0.05, 0.1) is 12.2 Å². The Bertz CT molecular complexity index is 428. The average molecular weight is 266 g/mol. The number of aliphatic carboxylic acids is 1. The second-order valence-corrected chi connectivity index (χ2v) is 6.15. The van der Waals surface area contributed by atoms with E-state index in [2.05, 4.69) is 13.2 Å². The summed E-state index contributed by atoms with van der Waals surface area (Å²) < 4.78 is 0. The molecule has 5 unspecified atom stereocenters. The summed E-state index contributed by atoms with van der Waals surface area (Å²) in [6.07, 6.45) is 1.03. The van der Waals surface area contributed by atoms with Gasteiger partial charge in [-0.05, 0) is 37.5 Å². The van der Waals surface area contributed by atoms with E-state index in [0.717, 1.165) is 12.0 Å². The van der Waals surface area contributed by atoms with Gasteiger partial charge in [0, 0.05) is 11.0 Å². The molecule has 2 saturated carbocycles. The molecule has 0 aromatic rings. The Morgan fingerprint density at radius 2 is 1.95 bits per heavy atom. The Morgan fingerprint density at radius 3 is 2.53 bits per heavy atom. The lowest BCUT2D eigenvalue weighted by atomic mass is 9.53. The van der Waals surface area contributed by atoms with E-state index < -0.39 is 23.6 Å². The van der Waals surface area contributed by atoms with Crippen LogP contribution in [0.15, 0.2) is 24.3 Å². The van der Waals surface area contributed by atoms with Crippen molar-refractivity contribution in [1.82, 2.24) is 0 Å². The Kier molecular flexibility index (Phi) is 3.58. The second kappa shape index (κ2) is 4.76. The summed E-state index contributed by atoms with van der Waals surface area (Å²) in [5.41, 5.74) is 0.550. The number of aliphatic hydroxyl groups excluding tert-OH is 2. The molecule has 106 valence electrons. The minimum absolute atomic E-state index is 0.0406. The third-order valence-corrected chi connectivity index (χ3v) is 5.21. The summed E-state index contributed by atoms with van der Waals surface area (Å²) in [5.74, 6) is -1.29. The van der Waals surface area contributed by atoms with Crippen LogP contribution in [0.3, 0.4) is 0 Å². The molecule has 0 saturated heterocycles.